The van der Waals surface area contributed by atoms with Crippen LogP contribution in [0, 0.1) is 5.92 Å². The molecular formula is C21H35N3O4S2. The van der Waals surface area contributed by atoms with Crippen LogP contribution in [0.3, 0.4) is 0 Å². The van der Waals surface area contributed by atoms with Gasteiger partial charge < -0.3 is 10.4 Å². The Hall–Kier alpha value is -1.13. The van der Waals surface area contributed by atoms with E-state index >= 15 is 0 Å². The van der Waals surface area contributed by atoms with Gasteiger partial charge in [-0.3, -0.25) is 9.69 Å². The number of benzene rings is 1. The fourth-order valence-corrected chi connectivity index (χ4v) is 6.21. The molecule has 170 valence electrons. The Morgan fingerprint density at radius 1 is 1.27 bits per heavy atom. The molecule has 1 fully saturated rings. The van der Waals surface area contributed by atoms with Crippen molar-refractivity contribution in [3.63, 3.8) is 0 Å². The quantitative estimate of drug-likeness (QED) is 0.589. The molecule has 1 aromatic carbocycles. The van der Waals surface area contributed by atoms with E-state index in [4.69, 9.17) is 0 Å². The zero-order valence-corrected chi connectivity index (χ0v) is 20.2. The van der Waals surface area contributed by atoms with Gasteiger partial charge in [0.15, 0.2) is 0 Å². The average Bonchev–Trinajstić information content (AvgIpc) is 3.08. The third-order valence-corrected chi connectivity index (χ3v) is 7.50. The van der Waals surface area contributed by atoms with Gasteiger partial charge in [-0.2, -0.15) is 4.31 Å². The minimum Gasteiger partial charge on any atom is -0.390 e. The first-order valence-electron chi connectivity index (χ1n) is 10.3. The van der Waals surface area contributed by atoms with Crippen molar-refractivity contribution in [2.45, 2.75) is 57.2 Å². The summed E-state index contributed by atoms with van der Waals surface area (Å²) in [6, 6.07) is 7.97. The van der Waals surface area contributed by atoms with Gasteiger partial charge in [-0.05, 0) is 38.8 Å². The normalized spacial score (nSPS) is 19.4. The Balaban J connectivity index is 2.08. The molecule has 1 aromatic rings. The van der Waals surface area contributed by atoms with E-state index in [-0.39, 0.29) is 41.4 Å². The molecule has 30 heavy (non-hydrogen) atoms. The van der Waals surface area contributed by atoms with Crippen molar-refractivity contribution in [3.8, 4) is 0 Å². The second-order valence-corrected chi connectivity index (χ2v) is 12.1. The van der Waals surface area contributed by atoms with E-state index in [1.54, 1.807) is 42.1 Å². The maximum Gasteiger partial charge on any atom is 0.243 e. The molecule has 0 aliphatic carbocycles. The van der Waals surface area contributed by atoms with Crippen molar-refractivity contribution < 1.29 is 18.3 Å². The van der Waals surface area contributed by atoms with Crippen LogP contribution in [0.5, 0.6) is 0 Å². The zero-order valence-electron chi connectivity index (χ0n) is 18.5. The Kier molecular flexibility index (Phi) is 8.76. The predicted molar refractivity (Wildman–Crippen MR) is 122 cm³/mol. The largest absolute Gasteiger partial charge is 0.390 e. The second kappa shape index (κ2) is 10.5. The molecule has 9 heteroatoms. The van der Waals surface area contributed by atoms with Crippen LogP contribution in [0.25, 0.3) is 0 Å². The fourth-order valence-electron chi connectivity index (χ4n) is 3.33. The first-order valence-corrected chi connectivity index (χ1v) is 12.9. The lowest BCUT2D eigenvalue weighted by atomic mass is 10.1. The number of nitrogens with one attached hydrogen (secondary N) is 1. The number of carbonyl (C=O) groups is 1. The van der Waals surface area contributed by atoms with E-state index in [2.05, 4.69) is 5.32 Å². The van der Waals surface area contributed by atoms with Gasteiger partial charge in [-0.1, -0.05) is 32.0 Å². The summed E-state index contributed by atoms with van der Waals surface area (Å²) in [4.78, 5) is 14.8. The topological polar surface area (TPSA) is 89.9 Å². The number of rotatable bonds is 9. The van der Waals surface area contributed by atoms with Crippen LogP contribution < -0.4 is 5.32 Å². The predicted octanol–water partition coefficient (Wildman–Crippen LogP) is 1.98. The van der Waals surface area contributed by atoms with Crippen LogP contribution in [-0.4, -0.2) is 77.6 Å². The summed E-state index contributed by atoms with van der Waals surface area (Å²) in [5.41, 5.74) is -0.327. The summed E-state index contributed by atoms with van der Waals surface area (Å²) in [6.07, 6.45) is -0.897. The molecule has 0 saturated carbocycles. The first-order chi connectivity index (χ1) is 13.9. The lowest BCUT2D eigenvalue weighted by Gasteiger charge is -2.31. The zero-order chi connectivity index (χ0) is 22.5. The minimum absolute atomic E-state index is 0.00974. The van der Waals surface area contributed by atoms with Crippen molar-refractivity contribution in [3.05, 3.63) is 30.3 Å². The molecule has 2 rings (SSSR count). The number of aliphatic hydroxyl groups excluding tert-OH is 1. The summed E-state index contributed by atoms with van der Waals surface area (Å²) in [6.45, 7) is 10.3. The van der Waals surface area contributed by atoms with E-state index in [0.29, 0.717) is 18.2 Å². The maximum atomic E-state index is 13.1. The van der Waals surface area contributed by atoms with E-state index in [1.807, 2.05) is 39.5 Å². The summed E-state index contributed by atoms with van der Waals surface area (Å²) in [7, 11) is -3.71. The molecule has 1 amide bonds. The Bertz CT molecular complexity index is 794. The maximum absolute atomic E-state index is 13.1. The molecule has 7 nitrogen and oxygen atoms in total. The van der Waals surface area contributed by atoms with E-state index < -0.39 is 16.1 Å². The second-order valence-electron chi connectivity index (χ2n) is 9.21. The fraction of sp³-hybridized carbons (Fsp3) is 0.667. The number of hydrogen-bond acceptors (Lipinski definition) is 6. The SMILES string of the molecule is CC(C)CN(CC(O)CN1CSC[C@H]1C(=O)NC(C)(C)C)S(=O)(=O)c1ccccc1. The van der Waals surface area contributed by atoms with Crippen molar-refractivity contribution in [2.24, 2.45) is 5.92 Å². The molecule has 2 atom stereocenters. The molecule has 1 unspecified atom stereocenters. The van der Waals surface area contributed by atoms with E-state index in [1.165, 1.54) is 4.31 Å². The molecule has 2 N–H and O–H groups in total. The van der Waals surface area contributed by atoms with Gasteiger partial charge in [0.2, 0.25) is 15.9 Å². The first kappa shape index (κ1) is 25.1. The van der Waals surface area contributed by atoms with Crippen LogP contribution in [0.1, 0.15) is 34.6 Å². The molecule has 1 aliphatic heterocycles. The molecule has 0 spiro atoms. The standard InChI is InChI=1S/C21H35N3O4S2/c1-16(2)11-24(30(27,28)18-9-7-6-8-10-18)13-17(25)12-23-15-29-14-19(23)20(26)22-21(3,4)5/h6-10,16-17,19,25H,11-15H2,1-5H3,(H,22,26)/t17?,19-/m0/s1. The lowest BCUT2D eigenvalue weighted by molar-refractivity contribution is -0.126. The smallest absolute Gasteiger partial charge is 0.243 e. The van der Waals surface area contributed by atoms with Crippen LogP contribution in [0.4, 0.5) is 0 Å². The average molecular weight is 458 g/mol. The van der Waals surface area contributed by atoms with Crippen LogP contribution in [0.2, 0.25) is 0 Å². The molecule has 1 saturated heterocycles. The van der Waals surface area contributed by atoms with Gasteiger partial charge in [-0.25, -0.2) is 8.42 Å². The van der Waals surface area contributed by atoms with Crippen LogP contribution >= 0.6 is 11.8 Å². The Labute approximate surface area is 185 Å². The number of sulfonamides is 1. The summed E-state index contributed by atoms with van der Waals surface area (Å²) in [5.74, 6) is 1.35. The molecule has 0 aromatic heterocycles. The van der Waals surface area contributed by atoms with Crippen LogP contribution in [0.15, 0.2) is 35.2 Å². The number of β-amino-alcohol motifs (C(OH)–C–C–N with tert-alkyl or cyclic N) is 1. The number of thioether (sulfide) groups is 1. The number of aliphatic hydroxyl groups is 1. The van der Waals surface area contributed by atoms with Gasteiger partial charge in [0.05, 0.1) is 17.0 Å². The summed E-state index contributed by atoms with van der Waals surface area (Å²) >= 11 is 1.64. The van der Waals surface area contributed by atoms with Crippen molar-refractivity contribution in [2.75, 3.05) is 31.3 Å². The van der Waals surface area contributed by atoms with Gasteiger partial charge in [0, 0.05) is 36.8 Å². The van der Waals surface area contributed by atoms with E-state index in [9.17, 15) is 18.3 Å². The van der Waals surface area contributed by atoms with Crippen molar-refractivity contribution >= 4 is 27.7 Å². The van der Waals surface area contributed by atoms with Crippen molar-refractivity contribution in [1.29, 1.82) is 0 Å². The van der Waals surface area contributed by atoms with Gasteiger partial charge in [0.1, 0.15) is 0 Å². The van der Waals surface area contributed by atoms with Gasteiger partial charge in [0.25, 0.3) is 0 Å². The highest BCUT2D eigenvalue weighted by Crippen LogP contribution is 2.23. The summed E-state index contributed by atoms with van der Waals surface area (Å²) < 4.78 is 27.6. The van der Waals surface area contributed by atoms with E-state index in [0.717, 1.165) is 0 Å². The van der Waals surface area contributed by atoms with Gasteiger partial charge in [-0.15, -0.1) is 11.8 Å². The number of amides is 1. The molecule has 0 radical (unpaired) electrons. The molecular weight excluding hydrogens is 422 g/mol. The molecule has 1 heterocycles. The third-order valence-electron chi connectivity index (χ3n) is 4.58. The number of carbonyl (C=O) groups excluding carboxylic acids is 1. The number of nitrogens with zero attached hydrogens (tertiary/aromatic N) is 2. The monoisotopic (exact) mass is 457 g/mol. The molecule has 0 bridgehead atoms. The number of hydrogen-bond donors (Lipinski definition) is 2. The highest BCUT2D eigenvalue weighted by molar-refractivity contribution is 7.99. The highest BCUT2D eigenvalue weighted by atomic mass is 32.2. The Morgan fingerprint density at radius 2 is 1.90 bits per heavy atom. The molecule has 1 aliphatic rings. The van der Waals surface area contributed by atoms with Gasteiger partial charge >= 0.3 is 0 Å². The minimum atomic E-state index is -3.71. The highest BCUT2D eigenvalue weighted by Gasteiger charge is 2.35. The van der Waals surface area contributed by atoms with Crippen molar-refractivity contribution in [1.82, 2.24) is 14.5 Å². The van der Waals surface area contributed by atoms with Crippen LogP contribution in [-0.2, 0) is 14.8 Å². The lowest BCUT2D eigenvalue weighted by Crippen LogP contribution is -2.53. The summed E-state index contributed by atoms with van der Waals surface area (Å²) in [5, 5.41) is 13.7. The Morgan fingerprint density at radius 3 is 2.47 bits per heavy atom. The third kappa shape index (κ3) is 7.23.